The molecule has 1 spiro atoms. The summed E-state index contributed by atoms with van der Waals surface area (Å²) >= 11 is 1.56. The van der Waals surface area contributed by atoms with E-state index in [4.69, 9.17) is 19.9 Å². The summed E-state index contributed by atoms with van der Waals surface area (Å²) in [6.45, 7) is 0.724. The first kappa shape index (κ1) is 27.3. The summed E-state index contributed by atoms with van der Waals surface area (Å²) in [6.07, 6.45) is 1.79. The Labute approximate surface area is 250 Å². The molecule has 3 aliphatic heterocycles. The maximum atomic E-state index is 13.4. The van der Waals surface area contributed by atoms with E-state index >= 15 is 0 Å². The van der Waals surface area contributed by atoms with Gasteiger partial charge in [-0.3, -0.25) is 14.4 Å². The minimum atomic E-state index is -1.05. The number of para-hydroxylation sites is 1. The summed E-state index contributed by atoms with van der Waals surface area (Å²) in [5.41, 5.74) is 7.86. The van der Waals surface area contributed by atoms with Gasteiger partial charge in [-0.05, 0) is 42.5 Å². The van der Waals surface area contributed by atoms with Crippen molar-refractivity contribution in [2.75, 3.05) is 32.0 Å². The number of anilines is 1. The second kappa shape index (κ2) is 10.9. The van der Waals surface area contributed by atoms with Gasteiger partial charge < -0.3 is 40.5 Å². The molecule has 0 saturated carbocycles. The van der Waals surface area contributed by atoms with Crippen molar-refractivity contribution < 1.29 is 28.6 Å². The van der Waals surface area contributed by atoms with Gasteiger partial charge in [0.05, 0.1) is 48.2 Å². The zero-order valence-corrected chi connectivity index (χ0v) is 23.7. The van der Waals surface area contributed by atoms with Crippen LogP contribution < -0.4 is 21.1 Å². The fourth-order valence-corrected chi connectivity index (χ4v) is 6.53. The van der Waals surface area contributed by atoms with E-state index in [1.807, 2.05) is 36.4 Å². The lowest BCUT2D eigenvalue weighted by Gasteiger charge is -2.24. The number of hydrogen-bond donors (Lipinski definition) is 4. The molecule has 5 heterocycles. The van der Waals surface area contributed by atoms with Crippen molar-refractivity contribution in [3.05, 3.63) is 72.1 Å². The van der Waals surface area contributed by atoms with Crippen LogP contribution >= 0.6 is 11.8 Å². The number of carbonyl (C=O) groups is 3. The smallest absolute Gasteiger partial charge is 0.251 e. The number of aromatic amines is 1. The standard InChI is InChI=1S/C30H28N6O6S/c31-27-19-12-18(35-20(19)7-8-32-27)14-33-29(39)21-13-30(40-9-10-41-30)16-36(21)26(37)15-34-28(38)17-5-6-25-23(11-17)42-22-3-1-2-4-24(22)43-25/h1-8,11-12,21,35H,9-10,13-16H2,(H2,31,32)(H,33,39)(H,34,38). The van der Waals surface area contributed by atoms with E-state index in [-0.39, 0.29) is 32.0 Å². The Balaban J connectivity index is 1.01. The van der Waals surface area contributed by atoms with Crippen LogP contribution in [0.25, 0.3) is 10.9 Å². The van der Waals surface area contributed by atoms with Crippen LogP contribution in [0, 0.1) is 0 Å². The summed E-state index contributed by atoms with van der Waals surface area (Å²) in [5, 5.41) is 6.35. The van der Waals surface area contributed by atoms with Crippen LogP contribution in [0.3, 0.4) is 0 Å². The fraction of sp³-hybridized carbons (Fsp3) is 0.267. The summed E-state index contributed by atoms with van der Waals surface area (Å²) < 4.78 is 17.6. The van der Waals surface area contributed by atoms with Crippen molar-refractivity contribution in [1.29, 1.82) is 0 Å². The van der Waals surface area contributed by atoms with Crippen molar-refractivity contribution in [3.63, 3.8) is 0 Å². The highest BCUT2D eigenvalue weighted by atomic mass is 32.2. The van der Waals surface area contributed by atoms with E-state index in [1.165, 1.54) is 4.90 Å². The average Bonchev–Trinajstić information content (AvgIpc) is 3.76. The first-order chi connectivity index (χ1) is 20.9. The molecule has 43 heavy (non-hydrogen) atoms. The zero-order valence-electron chi connectivity index (χ0n) is 22.9. The lowest BCUT2D eigenvalue weighted by molar-refractivity contribution is -0.152. The number of amides is 3. The van der Waals surface area contributed by atoms with Gasteiger partial charge in [0, 0.05) is 29.3 Å². The number of pyridine rings is 1. The Kier molecular flexibility index (Phi) is 6.92. The molecule has 220 valence electrons. The summed E-state index contributed by atoms with van der Waals surface area (Å²) in [7, 11) is 0. The molecule has 4 aromatic rings. The van der Waals surface area contributed by atoms with E-state index in [9.17, 15) is 14.4 Å². The molecule has 1 atom stereocenters. The second-order valence-corrected chi connectivity index (χ2v) is 11.6. The van der Waals surface area contributed by atoms with Crippen LogP contribution in [0.5, 0.6) is 11.5 Å². The molecule has 2 aromatic carbocycles. The number of benzene rings is 2. The number of H-pyrrole nitrogens is 1. The van der Waals surface area contributed by atoms with Crippen LogP contribution in [0.1, 0.15) is 22.5 Å². The van der Waals surface area contributed by atoms with Gasteiger partial charge in [0.2, 0.25) is 11.8 Å². The maximum Gasteiger partial charge on any atom is 0.251 e. The SMILES string of the molecule is Nc1nccc2[nH]c(CNC(=O)C3CC4(CN3C(=O)CNC(=O)c3ccc5c(c3)Oc3ccccc3S5)OCCO4)cc12. The van der Waals surface area contributed by atoms with Gasteiger partial charge in [0.1, 0.15) is 23.4 Å². The molecule has 3 aliphatic rings. The highest BCUT2D eigenvalue weighted by molar-refractivity contribution is 7.99. The minimum Gasteiger partial charge on any atom is -0.455 e. The Morgan fingerprint density at radius 3 is 2.70 bits per heavy atom. The third-order valence-electron chi connectivity index (χ3n) is 7.71. The molecule has 2 aromatic heterocycles. The Bertz CT molecular complexity index is 1750. The zero-order chi connectivity index (χ0) is 29.6. The van der Waals surface area contributed by atoms with E-state index in [0.29, 0.717) is 30.3 Å². The van der Waals surface area contributed by atoms with E-state index in [1.54, 1.807) is 36.2 Å². The van der Waals surface area contributed by atoms with Gasteiger partial charge in [0.15, 0.2) is 5.79 Å². The number of nitrogen functional groups attached to an aromatic ring is 1. The molecule has 0 aliphatic carbocycles. The average molecular weight is 601 g/mol. The highest BCUT2D eigenvalue weighted by Gasteiger charge is 2.52. The first-order valence-corrected chi connectivity index (χ1v) is 14.6. The van der Waals surface area contributed by atoms with Gasteiger partial charge >= 0.3 is 0 Å². The van der Waals surface area contributed by atoms with Gasteiger partial charge in [-0.1, -0.05) is 23.9 Å². The monoisotopic (exact) mass is 600 g/mol. The van der Waals surface area contributed by atoms with Crippen LogP contribution in [-0.4, -0.2) is 70.7 Å². The third kappa shape index (κ3) is 5.26. The lowest BCUT2D eigenvalue weighted by Crippen LogP contribution is -2.49. The molecule has 3 amide bonds. The number of hydrogen-bond acceptors (Lipinski definition) is 9. The van der Waals surface area contributed by atoms with Gasteiger partial charge in [-0.25, -0.2) is 4.98 Å². The number of aromatic nitrogens is 2. The molecule has 2 saturated heterocycles. The fourth-order valence-electron chi connectivity index (χ4n) is 5.60. The van der Waals surface area contributed by atoms with Crippen molar-refractivity contribution in [1.82, 2.24) is 25.5 Å². The van der Waals surface area contributed by atoms with Crippen molar-refractivity contribution in [3.8, 4) is 11.5 Å². The number of rotatable bonds is 6. The van der Waals surface area contributed by atoms with Crippen LogP contribution in [0.2, 0.25) is 0 Å². The van der Waals surface area contributed by atoms with E-state index < -0.39 is 23.6 Å². The quantitative estimate of drug-likeness (QED) is 0.230. The third-order valence-corrected chi connectivity index (χ3v) is 8.83. The Morgan fingerprint density at radius 1 is 1.05 bits per heavy atom. The van der Waals surface area contributed by atoms with Crippen LogP contribution in [0.4, 0.5) is 5.82 Å². The second-order valence-electron chi connectivity index (χ2n) is 10.5. The number of nitrogens with two attached hydrogens (primary N) is 1. The van der Waals surface area contributed by atoms with Crippen LogP contribution in [-0.2, 0) is 25.6 Å². The molecule has 2 fully saturated rings. The van der Waals surface area contributed by atoms with Gasteiger partial charge in [-0.15, -0.1) is 0 Å². The largest absolute Gasteiger partial charge is 0.455 e. The summed E-state index contributed by atoms with van der Waals surface area (Å²) in [4.78, 5) is 50.4. The molecular weight excluding hydrogens is 572 g/mol. The normalized spacial score (nSPS) is 18.2. The van der Waals surface area contributed by atoms with Gasteiger partial charge in [0.25, 0.3) is 5.91 Å². The Morgan fingerprint density at radius 2 is 1.86 bits per heavy atom. The van der Waals surface area contributed by atoms with E-state index in [0.717, 1.165) is 32.1 Å². The number of fused-ring (bicyclic) bond motifs is 3. The maximum absolute atomic E-state index is 13.4. The molecule has 0 radical (unpaired) electrons. The molecular formula is C30H28N6O6S. The summed E-state index contributed by atoms with van der Waals surface area (Å²) in [6, 6.07) is 15.6. The van der Waals surface area contributed by atoms with Gasteiger partial charge in [-0.2, -0.15) is 0 Å². The topological polar surface area (TPSA) is 161 Å². The van der Waals surface area contributed by atoms with Crippen molar-refractivity contribution in [2.45, 2.75) is 34.6 Å². The lowest BCUT2D eigenvalue weighted by atomic mass is 10.1. The number of carbonyl (C=O) groups excluding carboxylic acids is 3. The van der Waals surface area contributed by atoms with Crippen molar-refractivity contribution >= 4 is 46.2 Å². The van der Waals surface area contributed by atoms with Crippen LogP contribution in [0.15, 0.2) is 70.6 Å². The molecule has 7 rings (SSSR count). The minimum absolute atomic E-state index is 0.0811. The molecule has 1 unspecified atom stereocenters. The molecule has 0 bridgehead atoms. The Hall–Kier alpha value is -4.59. The number of ether oxygens (including phenoxy) is 3. The predicted molar refractivity (Wildman–Crippen MR) is 157 cm³/mol. The van der Waals surface area contributed by atoms with Crippen molar-refractivity contribution in [2.24, 2.45) is 0 Å². The highest BCUT2D eigenvalue weighted by Crippen LogP contribution is 2.47. The first-order valence-electron chi connectivity index (χ1n) is 13.8. The number of nitrogens with one attached hydrogen (secondary N) is 3. The molecule has 12 nitrogen and oxygen atoms in total. The number of nitrogens with zero attached hydrogens (tertiary/aromatic N) is 2. The number of likely N-dealkylation sites (tertiary alicyclic amines) is 1. The summed E-state index contributed by atoms with van der Waals surface area (Å²) in [5.74, 6) is -0.567. The predicted octanol–water partition coefficient (Wildman–Crippen LogP) is 2.79. The van der Waals surface area contributed by atoms with E-state index in [2.05, 4.69) is 20.6 Å². The molecule has 13 heteroatoms. The molecule has 5 N–H and O–H groups in total.